The van der Waals surface area contributed by atoms with Gasteiger partial charge in [0.05, 0.1) is 7.11 Å². The second-order valence-electron chi connectivity index (χ2n) is 8.98. The van der Waals surface area contributed by atoms with E-state index in [1.807, 2.05) is 30.5 Å². The monoisotopic (exact) mass is 464 g/mol. The van der Waals surface area contributed by atoms with Crippen LogP contribution in [0.5, 0.6) is 5.75 Å². The van der Waals surface area contributed by atoms with E-state index in [0.717, 1.165) is 52.5 Å². The zero-order valence-electron chi connectivity index (χ0n) is 20.6. The van der Waals surface area contributed by atoms with Crippen molar-refractivity contribution in [3.8, 4) is 16.9 Å². The molecule has 1 aromatic heterocycles. The van der Waals surface area contributed by atoms with E-state index < -0.39 is 0 Å². The first-order valence-corrected chi connectivity index (χ1v) is 12.1. The van der Waals surface area contributed by atoms with Gasteiger partial charge >= 0.3 is 0 Å². The molecule has 0 bridgehead atoms. The molecule has 178 valence electrons. The van der Waals surface area contributed by atoms with Crippen molar-refractivity contribution in [3.05, 3.63) is 102 Å². The minimum absolute atomic E-state index is 0.0800. The molecule has 35 heavy (non-hydrogen) atoms. The summed E-state index contributed by atoms with van der Waals surface area (Å²) < 4.78 is 5.41. The predicted molar refractivity (Wildman–Crippen MR) is 144 cm³/mol. The maximum Gasteiger partial charge on any atom is 0.244 e. The number of hydrogen-bond donors (Lipinski definition) is 1. The molecule has 0 fully saturated rings. The number of carbonyl (C=O) groups excluding carboxylic acids is 1. The second kappa shape index (κ2) is 11.5. The van der Waals surface area contributed by atoms with Crippen LogP contribution in [0.15, 0.2) is 85.2 Å². The average Bonchev–Trinajstić information content (AvgIpc) is 2.88. The van der Waals surface area contributed by atoms with Crippen molar-refractivity contribution in [1.82, 2.24) is 10.3 Å². The third-order valence-corrected chi connectivity index (χ3v) is 6.23. The summed E-state index contributed by atoms with van der Waals surface area (Å²) in [6, 6.07) is 22.9. The van der Waals surface area contributed by atoms with Crippen LogP contribution in [0.2, 0.25) is 0 Å². The Hall–Kier alpha value is -3.92. The number of carbonyl (C=O) groups is 1. The summed E-state index contributed by atoms with van der Waals surface area (Å²) in [6.07, 6.45) is 10.1. The highest BCUT2D eigenvalue weighted by atomic mass is 16.5. The maximum absolute atomic E-state index is 12.7. The van der Waals surface area contributed by atoms with Crippen LogP contribution in [0.25, 0.3) is 28.0 Å². The smallest absolute Gasteiger partial charge is 0.244 e. The summed E-state index contributed by atoms with van der Waals surface area (Å²) in [7, 11) is 1.68. The van der Waals surface area contributed by atoms with Gasteiger partial charge in [-0.05, 0) is 90.4 Å². The number of amides is 1. The molecular formula is C31H32N2O2. The molecule has 0 spiro atoms. The van der Waals surface area contributed by atoms with Gasteiger partial charge in [0.25, 0.3) is 0 Å². The molecule has 0 radical (unpaired) electrons. The summed E-state index contributed by atoms with van der Waals surface area (Å²) in [4.78, 5) is 16.8. The number of fused-ring (bicyclic) bond motifs is 1. The van der Waals surface area contributed by atoms with Gasteiger partial charge in [-0.1, -0.05) is 54.1 Å². The van der Waals surface area contributed by atoms with Gasteiger partial charge in [0, 0.05) is 24.5 Å². The fraction of sp³-hybridized carbons (Fsp3) is 0.226. The van der Waals surface area contributed by atoms with E-state index >= 15 is 0 Å². The van der Waals surface area contributed by atoms with Crippen molar-refractivity contribution in [2.24, 2.45) is 0 Å². The predicted octanol–water partition coefficient (Wildman–Crippen LogP) is 6.76. The van der Waals surface area contributed by atoms with Crippen molar-refractivity contribution < 1.29 is 9.53 Å². The lowest BCUT2D eigenvalue weighted by molar-refractivity contribution is -0.117. The Balaban J connectivity index is 1.50. The average molecular weight is 465 g/mol. The van der Waals surface area contributed by atoms with Crippen molar-refractivity contribution in [3.63, 3.8) is 0 Å². The molecule has 1 amide bonds. The molecule has 4 heteroatoms. The van der Waals surface area contributed by atoms with E-state index in [2.05, 4.69) is 72.7 Å². The zero-order chi connectivity index (χ0) is 24.6. The third-order valence-electron chi connectivity index (χ3n) is 6.23. The molecule has 4 nitrogen and oxygen atoms in total. The number of ether oxygens (including phenoxy) is 1. The number of rotatable bonds is 9. The molecule has 4 rings (SSSR count). The SMILES string of the molecule is COc1ccc2c(-c3ccc(C)cc3)c(/C=C/C(=O)N[C@H](C)CCCc3cccnc3)ccc2c1. The van der Waals surface area contributed by atoms with Crippen LogP contribution in [0.3, 0.4) is 0 Å². The topological polar surface area (TPSA) is 51.2 Å². The maximum atomic E-state index is 12.7. The van der Waals surface area contributed by atoms with Crippen LogP contribution in [0.4, 0.5) is 0 Å². The first-order chi connectivity index (χ1) is 17.0. The summed E-state index contributed by atoms with van der Waals surface area (Å²) in [5.41, 5.74) is 5.67. The fourth-order valence-corrected chi connectivity index (χ4v) is 4.32. The number of pyridine rings is 1. The van der Waals surface area contributed by atoms with Crippen LogP contribution in [-0.2, 0) is 11.2 Å². The Morgan fingerprint density at radius 2 is 1.91 bits per heavy atom. The third kappa shape index (κ3) is 6.36. The van der Waals surface area contributed by atoms with Crippen molar-refractivity contribution >= 4 is 22.8 Å². The van der Waals surface area contributed by atoms with Gasteiger partial charge in [-0.25, -0.2) is 0 Å². The Labute approximate surface area is 207 Å². The minimum Gasteiger partial charge on any atom is -0.497 e. The summed E-state index contributed by atoms with van der Waals surface area (Å²) in [5.74, 6) is 0.746. The lowest BCUT2D eigenvalue weighted by Crippen LogP contribution is -2.31. The zero-order valence-corrected chi connectivity index (χ0v) is 20.6. The molecule has 0 saturated heterocycles. The molecule has 0 unspecified atom stereocenters. The van der Waals surface area contributed by atoms with E-state index in [-0.39, 0.29) is 11.9 Å². The molecule has 3 aromatic carbocycles. The lowest BCUT2D eigenvalue weighted by Gasteiger charge is -2.14. The molecular weight excluding hydrogens is 432 g/mol. The number of nitrogens with one attached hydrogen (secondary N) is 1. The molecule has 1 heterocycles. The standard InChI is InChI=1S/C31H32N2O2/c1-22-9-11-25(12-10-22)31-26(13-14-27-20-28(35-3)16-17-29(27)31)15-18-30(34)33-23(2)6-4-7-24-8-5-19-32-21-24/h5,8-21,23H,4,6-7H2,1-3H3,(H,33,34)/b18-15+/t23-/m1/s1. The summed E-state index contributed by atoms with van der Waals surface area (Å²) in [5, 5.41) is 5.32. The van der Waals surface area contributed by atoms with E-state index in [1.165, 1.54) is 11.1 Å². The highest BCUT2D eigenvalue weighted by molar-refractivity contribution is 6.02. The number of aryl methyl sites for hydroxylation is 2. The van der Waals surface area contributed by atoms with Crippen LogP contribution in [0.1, 0.15) is 36.5 Å². The van der Waals surface area contributed by atoms with E-state index in [9.17, 15) is 4.79 Å². The Bertz CT molecular complexity index is 1310. The van der Waals surface area contributed by atoms with Crippen molar-refractivity contribution in [2.75, 3.05) is 7.11 Å². The number of aromatic nitrogens is 1. The van der Waals surface area contributed by atoms with Crippen LogP contribution in [-0.4, -0.2) is 24.0 Å². The van der Waals surface area contributed by atoms with Crippen LogP contribution >= 0.6 is 0 Å². The summed E-state index contributed by atoms with van der Waals surface area (Å²) in [6.45, 7) is 4.14. The molecule has 0 aliphatic rings. The molecule has 0 saturated carbocycles. The van der Waals surface area contributed by atoms with Crippen LogP contribution in [0, 0.1) is 6.92 Å². The number of methoxy groups -OCH3 is 1. The first-order valence-electron chi connectivity index (χ1n) is 12.1. The molecule has 0 aliphatic heterocycles. The van der Waals surface area contributed by atoms with E-state index in [1.54, 1.807) is 19.4 Å². The largest absolute Gasteiger partial charge is 0.497 e. The van der Waals surface area contributed by atoms with Crippen molar-refractivity contribution in [2.45, 2.75) is 39.2 Å². The first kappa shape index (κ1) is 24.2. The quantitative estimate of drug-likeness (QED) is 0.278. The van der Waals surface area contributed by atoms with Gasteiger partial charge in [-0.3, -0.25) is 9.78 Å². The molecule has 4 aromatic rings. The van der Waals surface area contributed by atoms with Gasteiger partial charge in [0.2, 0.25) is 5.91 Å². The van der Waals surface area contributed by atoms with Gasteiger partial charge < -0.3 is 10.1 Å². The van der Waals surface area contributed by atoms with E-state index in [0.29, 0.717) is 0 Å². The van der Waals surface area contributed by atoms with E-state index in [4.69, 9.17) is 4.74 Å². The Morgan fingerprint density at radius 3 is 2.66 bits per heavy atom. The highest BCUT2D eigenvalue weighted by Gasteiger charge is 2.11. The number of benzene rings is 3. The van der Waals surface area contributed by atoms with Crippen molar-refractivity contribution in [1.29, 1.82) is 0 Å². The number of hydrogen-bond acceptors (Lipinski definition) is 3. The van der Waals surface area contributed by atoms with Gasteiger partial charge in [0.1, 0.15) is 5.75 Å². The number of nitrogens with zero attached hydrogens (tertiary/aromatic N) is 1. The van der Waals surface area contributed by atoms with Gasteiger partial charge in [-0.15, -0.1) is 0 Å². The summed E-state index contributed by atoms with van der Waals surface area (Å²) >= 11 is 0. The Kier molecular flexibility index (Phi) is 7.94. The molecule has 1 atom stereocenters. The fourth-order valence-electron chi connectivity index (χ4n) is 4.32. The van der Waals surface area contributed by atoms with Gasteiger partial charge in [0.15, 0.2) is 0 Å². The molecule has 0 aliphatic carbocycles. The van der Waals surface area contributed by atoms with Crippen LogP contribution < -0.4 is 10.1 Å². The van der Waals surface area contributed by atoms with Gasteiger partial charge in [-0.2, -0.15) is 0 Å². The Morgan fingerprint density at radius 1 is 1.09 bits per heavy atom. The second-order valence-corrected chi connectivity index (χ2v) is 8.98. The molecule has 1 N–H and O–H groups in total. The highest BCUT2D eigenvalue weighted by Crippen LogP contribution is 2.35. The normalized spacial score (nSPS) is 12.1. The lowest BCUT2D eigenvalue weighted by atomic mass is 9.92. The minimum atomic E-state index is -0.0800.